The number of rotatable bonds is 5. The highest BCUT2D eigenvalue weighted by molar-refractivity contribution is 5.92. The molecule has 0 saturated heterocycles. The van der Waals surface area contributed by atoms with Crippen LogP contribution >= 0.6 is 0 Å². The first kappa shape index (κ1) is 15.6. The van der Waals surface area contributed by atoms with E-state index in [0.717, 1.165) is 30.7 Å². The molecule has 2 rings (SSSR count). The van der Waals surface area contributed by atoms with Crippen LogP contribution in [0.3, 0.4) is 0 Å². The maximum absolute atomic E-state index is 12.1. The molecule has 0 unspecified atom stereocenters. The van der Waals surface area contributed by atoms with E-state index < -0.39 is 0 Å². The summed E-state index contributed by atoms with van der Waals surface area (Å²) in [5.41, 5.74) is 6.94. The number of nitrogens with one attached hydrogen (secondary N) is 1. The average molecular weight is 286 g/mol. The Morgan fingerprint density at radius 2 is 2.19 bits per heavy atom. The van der Waals surface area contributed by atoms with E-state index in [2.05, 4.69) is 17.2 Å². The Labute approximate surface area is 126 Å². The maximum atomic E-state index is 12.1. The topological polar surface area (TPSA) is 64.3 Å². The Morgan fingerprint density at radius 3 is 2.90 bits per heavy atom. The van der Waals surface area contributed by atoms with Crippen molar-refractivity contribution in [2.45, 2.75) is 32.3 Å². The fourth-order valence-electron chi connectivity index (χ4n) is 2.52. The minimum absolute atomic E-state index is 0.0388. The Bertz CT molecular complexity index is 539. The van der Waals surface area contributed by atoms with Crippen LogP contribution in [0.2, 0.25) is 0 Å². The van der Waals surface area contributed by atoms with Gasteiger partial charge in [0.25, 0.3) is 0 Å². The molecule has 1 saturated carbocycles. The van der Waals surface area contributed by atoms with E-state index in [9.17, 15) is 4.79 Å². The first-order valence-corrected chi connectivity index (χ1v) is 7.42. The van der Waals surface area contributed by atoms with E-state index in [1.807, 2.05) is 31.2 Å². The number of benzene rings is 1. The van der Waals surface area contributed by atoms with E-state index in [1.54, 1.807) is 0 Å². The number of carbonyl (C=O) groups excluding carboxylic acids is 1. The fraction of sp³-hybridized carbons (Fsp3) is 0.471. The summed E-state index contributed by atoms with van der Waals surface area (Å²) in [7, 11) is 0. The zero-order valence-corrected chi connectivity index (χ0v) is 12.4. The molecule has 112 valence electrons. The lowest BCUT2D eigenvalue weighted by molar-refractivity contribution is -0.119. The highest BCUT2D eigenvalue weighted by atomic mass is 16.5. The molecule has 0 heterocycles. The molecule has 0 spiro atoms. The number of nitrogens with two attached hydrogens (primary N) is 1. The van der Waals surface area contributed by atoms with E-state index in [0.29, 0.717) is 25.0 Å². The second-order valence-electron chi connectivity index (χ2n) is 5.22. The molecule has 0 atom stereocenters. The summed E-state index contributed by atoms with van der Waals surface area (Å²) in [5, 5.41) is 2.94. The molecule has 21 heavy (non-hydrogen) atoms. The molecular formula is C17H22N2O2. The highest BCUT2D eigenvalue weighted by Crippen LogP contribution is 2.32. The third kappa shape index (κ3) is 4.59. The number of carbonyl (C=O) groups is 1. The molecule has 1 aromatic carbocycles. The van der Waals surface area contributed by atoms with Crippen molar-refractivity contribution in [1.82, 2.24) is 0 Å². The van der Waals surface area contributed by atoms with E-state index in [-0.39, 0.29) is 5.91 Å². The van der Waals surface area contributed by atoms with Gasteiger partial charge in [-0.3, -0.25) is 4.79 Å². The van der Waals surface area contributed by atoms with Crippen LogP contribution in [0.4, 0.5) is 5.69 Å². The number of anilines is 1. The first-order valence-electron chi connectivity index (χ1n) is 7.42. The first-order chi connectivity index (χ1) is 10.2. The van der Waals surface area contributed by atoms with Crippen LogP contribution in [0.1, 0.15) is 31.7 Å². The lowest BCUT2D eigenvalue weighted by Crippen LogP contribution is -2.33. The molecule has 0 radical (unpaired) electrons. The van der Waals surface area contributed by atoms with E-state index >= 15 is 0 Å². The molecule has 1 aliphatic carbocycles. The van der Waals surface area contributed by atoms with Crippen molar-refractivity contribution >= 4 is 11.6 Å². The van der Waals surface area contributed by atoms with Gasteiger partial charge in [0, 0.05) is 18.6 Å². The van der Waals surface area contributed by atoms with Crippen molar-refractivity contribution in [2.24, 2.45) is 11.7 Å². The van der Waals surface area contributed by atoms with Gasteiger partial charge in [0.15, 0.2) is 0 Å². The van der Waals surface area contributed by atoms with Gasteiger partial charge in [-0.05, 0) is 37.8 Å². The summed E-state index contributed by atoms with van der Waals surface area (Å²) < 4.78 is 5.51. The molecule has 1 amide bonds. The van der Waals surface area contributed by atoms with Gasteiger partial charge in [-0.15, -0.1) is 0 Å². The number of amides is 1. The summed E-state index contributed by atoms with van der Waals surface area (Å²) >= 11 is 0. The average Bonchev–Trinajstić information content (AvgIpc) is 2.44. The Morgan fingerprint density at radius 1 is 1.43 bits per heavy atom. The summed E-state index contributed by atoms with van der Waals surface area (Å²) in [6, 6.07) is 7.53. The van der Waals surface area contributed by atoms with Gasteiger partial charge in [-0.25, -0.2) is 0 Å². The van der Waals surface area contributed by atoms with Gasteiger partial charge < -0.3 is 15.8 Å². The Kier molecular flexibility index (Phi) is 5.79. The third-order valence-electron chi connectivity index (χ3n) is 3.60. The van der Waals surface area contributed by atoms with Crippen molar-refractivity contribution in [2.75, 3.05) is 18.5 Å². The van der Waals surface area contributed by atoms with Crippen LogP contribution in [-0.2, 0) is 9.53 Å². The van der Waals surface area contributed by atoms with Gasteiger partial charge in [-0.1, -0.05) is 24.0 Å². The largest absolute Gasteiger partial charge is 0.378 e. The molecule has 4 nitrogen and oxygen atoms in total. The SMILES string of the molecule is CCOC1CC(CC(=O)Nc2ccccc2C#CCN)C1. The van der Waals surface area contributed by atoms with Gasteiger partial charge in [0.2, 0.25) is 5.91 Å². The fourth-order valence-corrected chi connectivity index (χ4v) is 2.52. The molecule has 0 aliphatic heterocycles. The number of hydrogen-bond acceptors (Lipinski definition) is 3. The van der Waals surface area contributed by atoms with Crippen LogP contribution in [0, 0.1) is 17.8 Å². The van der Waals surface area contributed by atoms with E-state index in [1.165, 1.54) is 0 Å². The van der Waals surface area contributed by atoms with Crippen LogP contribution < -0.4 is 11.1 Å². The van der Waals surface area contributed by atoms with Gasteiger partial charge in [0.1, 0.15) is 0 Å². The molecule has 3 N–H and O–H groups in total. The lowest BCUT2D eigenvalue weighted by atomic mass is 9.80. The number of ether oxygens (including phenoxy) is 1. The highest BCUT2D eigenvalue weighted by Gasteiger charge is 2.31. The van der Waals surface area contributed by atoms with Gasteiger partial charge in [0.05, 0.1) is 18.3 Å². The molecular weight excluding hydrogens is 264 g/mol. The lowest BCUT2D eigenvalue weighted by Gasteiger charge is -2.34. The van der Waals surface area contributed by atoms with E-state index in [4.69, 9.17) is 10.5 Å². The Balaban J connectivity index is 1.86. The third-order valence-corrected chi connectivity index (χ3v) is 3.60. The number of hydrogen-bond donors (Lipinski definition) is 2. The predicted molar refractivity (Wildman–Crippen MR) is 83.8 cm³/mol. The van der Waals surface area contributed by atoms with Gasteiger partial charge in [-0.2, -0.15) is 0 Å². The van der Waals surface area contributed by atoms with Crippen molar-refractivity contribution in [3.05, 3.63) is 29.8 Å². The second-order valence-corrected chi connectivity index (χ2v) is 5.22. The van der Waals surface area contributed by atoms with Crippen LogP contribution in [0.15, 0.2) is 24.3 Å². The zero-order chi connectivity index (χ0) is 15.1. The van der Waals surface area contributed by atoms with Crippen LogP contribution in [0.25, 0.3) is 0 Å². The smallest absolute Gasteiger partial charge is 0.224 e. The second kappa shape index (κ2) is 7.82. The van der Waals surface area contributed by atoms with Crippen molar-refractivity contribution in [3.63, 3.8) is 0 Å². The molecule has 0 aromatic heterocycles. The molecule has 0 bridgehead atoms. The summed E-state index contributed by atoms with van der Waals surface area (Å²) in [6.45, 7) is 3.05. The van der Waals surface area contributed by atoms with Gasteiger partial charge >= 0.3 is 0 Å². The molecule has 1 aromatic rings. The quantitative estimate of drug-likeness (QED) is 0.815. The predicted octanol–water partition coefficient (Wildman–Crippen LogP) is 2.14. The monoisotopic (exact) mass is 286 g/mol. The molecule has 1 aliphatic rings. The van der Waals surface area contributed by atoms with Crippen LogP contribution in [0.5, 0.6) is 0 Å². The summed E-state index contributed by atoms with van der Waals surface area (Å²) in [5.74, 6) is 6.26. The molecule has 1 fully saturated rings. The summed E-state index contributed by atoms with van der Waals surface area (Å²) in [6.07, 6.45) is 2.85. The van der Waals surface area contributed by atoms with Crippen molar-refractivity contribution in [3.8, 4) is 11.8 Å². The zero-order valence-electron chi connectivity index (χ0n) is 12.4. The van der Waals surface area contributed by atoms with Crippen LogP contribution in [-0.4, -0.2) is 25.2 Å². The maximum Gasteiger partial charge on any atom is 0.224 e. The van der Waals surface area contributed by atoms with Crippen molar-refractivity contribution < 1.29 is 9.53 Å². The summed E-state index contributed by atoms with van der Waals surface area (Å²) in [4.78, 5) is 12.1. The minimum atomic E-state index is 0.0388. The normalized spacial score (nSPS) is 20.1. The minimum Gasteiger partial charge on any atom is -0.378 e. The standard InChI is InChI=1S/C17H22N2O2/c1-2-21-15-10-13(11-15)12-17(20)19-16-8-4-3-6-14(16)7-5-9-18/h3-4,6,8,13,15H,2,9-12,18H2,1H3,(H,19,20). The van der Waals surface area contributed by atoms with Crippen molar-refractivity contribution in [1.29, 1.82) is 0 Å². The number of para-hydroxylation sites is 1. The Hall–Kier alpha value is -1.83. The molecule has 4 heteroatoms.